The second-order valence-electron chi connectivity index (χ2n) is 12.4. The van der Waals surface area contributed by atoms with Crippen LogP contribution in [0, 0.1) is 0 Å². The molecule has 0 saturated carbocycles. The van der Waals surface area contributed by atoms with Gasteiger partial charge in [0.05, 0.1) is 16.7 Å². The number of benzene rings is 7. The third kappa shape index (κ3) is 4.76. The number of imidazole rings is 1. The van der Waals surface area contributed by atoms with Crippen molar-refractivity contribution in [1.82, 2.24) is 9.55 Å². The van der Waals surface area contributed by atoms with Gasteiger partial charge in [-0.3, -0.25) is 4.57 Å². The van der Waals surface area contributed by atoms with Crippen molar-refractivity contribution >= 4 is 51.6 Å². The molecule has 0 N–H and O–H groups in total. The van der Waals surface area contributed by atoms with Gasteiger partial charge in [-0.05, 0) is 66.8 Å². The average molecular weight is 649 g/mol. The molecule has 0 atom stereocenters. The van der Waals surface area contributed by atoms with Crippen LogP contribution in [0.5, 0.6) is 0 Å². The van der Waals surface area contributed by atoms with Crippen LogP contribution in [0.25, 0.3) is 39.0 Å². The number of nitrogens with zero attached hydrogens (tertiary/aromatic N) is 2. The highest BCUT2D eigenvalue weighted by Gasteiger charge is 2.41. The van der Waals surface area contributed by atoms with E-state index in [4.69, 9.17) is 4.98 Å². The lowest BCUT2D eigenvalue weighted by Crippen LogP contribution is -2.74. The number of hydrogen-bond donors (Lipinski definition) is 0. The lowest BCUT2D eigenvalue weighted by atomic mass is 10.1. The summed E-state index contributed by atoms with van der Waals surface area (Å²) in [4.78, 5) is 5.13. The Morgan fingerprint density at radius 2 is 0.979 bits per heavy atom. The van der Waals surface area contributed by atoms with Crippen LogP contribution < -0.4 is 20.7 Å². The Morgan fingerprint density at radius 3 is 1.65 bits per heavy atom. The van der Waals surface area contributed by atoms with Gasteiger partial charge in [0.2, 0.25) is 0 Å². The summed E-state index contributed by atoms with van der Waals surface area (Å²) in [5, 5.41) is 6.52. The molecule has 4 heteroatoms. The molecule has 0 saturated heterocycles. The van der Waals surface area contributed by atoms with E-state index in [1.165, 1.54) is 54.3 Å². The number of fused-ring (bicyclic) bond motifs is 5. The maximum atomic E-state index is 5.13. The van der Waals surface area contributed by atoms with Gasteiger partial charge in [-0.2, -0.15) is 0 Å². The highest BCUT2D eigenvalue weighted by molar-refractivity contribution is 7.98. The molecule has 0 aliphatic carbocycles. The van der Waals surface area contributed by atoms with Gasteiger partial charge in [0.1, 0.15) is 0 Å². The SMILES string of the molecule is c1ccc(-c2cccc([Si](c3ccccc3)(c3ccccc3)c3cccc(-c4ccc5c(c4)nc4n5-c5ccccc5CS4)c3)c2)cc1. The van der Waals surface area contributed by atoms with E-state index >= 15 is 0 Å². The molecular formula is C44H32N2SSi. The molecule has 0 unspecified atom stereocenters. The zero-order valence-electron chi connectivity index (χ0n) is 26.3. The van der Waals surface area contributed by atoms with Crippen molar-refractivity contribution in [2.45, 2.75) is 10.9 Å². The van der Waals surface area contributed by atoms with Crippen molar-refractivity contribution in [3.63, 3.8) is 0 Å². The summed E-state index contributed by atoms with van der Waals surface area (Å²) >= 11 is 1.81. The first-order chi connectivity index (χ1) is 23.8. The fourth-order valence-electron chi connectivity index (χ4n) is 7.43. The van der Waals surface area contributed by atoms with E-state index in [1.807, 2.05) is 11.8 Å². The molecule has 228 valence electrons. The Labute approximate surface area is 286 Å². The Balaban J connectivity index is 1.25. The second-order valence-corrected chi connectivity index (χ2v) is 17.1. The first-order valence-corrected chi connectivity index (χ1v) is 19.4. The van der Waals surface area contributed by atoms with E-state index < -0.39 is 8.07 Å². The van der Waals surface area contributed by atoms with Crippen LogP contribution in [0.2, 0.25) is 0 Å². The fourth-order valence-corrected chi connectivity index (χ4v) is 13.3. The van der Waals surface area contributed by atoms with Crippen molar-refractivity contribution in [1.29, 1.82) is 0 Å². The zero-order valence-corrected chi connectivity index (χ0v) is 28.1. The largest absolute Gasteiger partial charge is 0.287 e. The molecule has 1 aliphatic rings. The molecule has 0 amide bonds. The lowest BCUT2D eigenvalue weighted by Gasteiger charge is -2.35. The van der Waals surface area contributed by atoms with Crippen LogP contribution in [0.1, 0.15) is 5.56 Å². The summed E-state index contributed by atoms with van der Waals surface area (Å²) in [6.07, 6.45) is 0. The van der Waals surface area contributed by atoms with Crippen LogP contribution >= 0.6 is 11.8 Å². The maximum absolute atomic E-state index is 5.13. The van der Waals surface area contributed by atoms with Gasteiger partial charge in [-0.15, -0.1) is 0 Å². The van der Waals surface area contributed by atoms with Crippen molar-refractivity contribution in [2.24, 2.45) is 0 Å². The smallest absolute Gasteiger partial charge is 0.179 e. The van der Waals surface area contributed by atoms with Crippen LogP contribution in [-0.2, 0) is 5.75 Å². The highest BCUT2D eigenvalue weighted by Crippen LogP contribution is 2.38. The first kappa shape index (κ1) is 28.8. The quantitative estimate of drug-likeness (QED) is 0.133. The van der Waals surface area contributed by atoms with Crippen molar-refractivity contribution in [3.05, 3.63) is 188 Å². The van der Waals surface area contributed by atoms with Gasteiger partial charge >= 0.3 is 0 Å². The predicted octanol–water partition coefficient (Wildman–Crippen LogP) is 8.34. The number of thioether (sulfide) groups is 1. The minimum absolute atomic E-state index is 0.950. The zero-order chi connectivity index (χ0) is 31.9. The number of rotatable bonds is 6. The Hall–Kier alpha value is -5.42. The predicted molar refractivity (Wildman–Crippen MR) is 205 cm³/mol. The van der Waals surface area contributed by atoms with Gasteiger partial charge < -0.3 is 0 Å². The summed E-state index contributed by atoms with van der Waals surface area (Å²) in [5.41, 5.74) is 9.63. The fraction of sp³-hybridized carbons (Fsp3) is 0.0227. The topological polar surface area (TPSA) is 17.8 Å². The minimum atomic E-state index is -2.75. The molecule has 48 heavy (non-hydrogen) atoms. The number of hydrogen-bond acceptors (Lipinski definition) is 2. The summed E-state index contributed by atoms with van der Waals surface area (Å²) in [7, 11) is -2.75. The highest BCUT2D eigenvalue weighted by atomic mass is 32.2. The Kier molecular flexibility index (Phi) is 7.18. The molecule has 0 spiro atoms. The number of para-hydroxylation sites is 1. The van der Waals surface area contributed by atoms with Crippen LogP contribution in [-0.4, -0.2) is 17.6 Å². The molecule has 7 aromatic carbocycles. The van der Waals surface area contributed by atoms with Crippen molar-refractivity contribution < 1.29 is 0 Å². The normalized spacial score (nSPS) is 12.4. The molecule has 0 fully saturated rings. The van der Waals surface area contributed by atoms with Gasteiger partial charge in [-0.1, -0.05) is 176 Å². The van der Waals surface area contributed by atoms with Crippen LogP contribution in [0.3, 0.4) is 0 Å². The van der Waals surface area contributed by atoms with E-state index in [9.17, 15) is 0 Å². The molecule has 8 aromatic rings. The number of aromatic nitrogens is 2. The van der Waals surface area contributed by atoms with E-state index in [1.54, 1.807) is 0 Å². The maximum Gasteiger partial charge on any atom is 0.179 e. The standard InChI is InChI=1S/C44H32N2SSi/c1-4-14-32(15-5-1)33-17-12-23-39(28-33)48(37-19-6-2-7-20-37,38-21-8-3-9-22-38)40-24-13-18-34(29-40)35-26-27-43-41(30-35)45-44-46(43)42-25-11-10-16-36(42)31-47-44/h1-30H,31H2. The molecule has 1 aliphatic heterocycles. The van der Waals surface area contributed by atoms with E-state index in [0.29, 0.717) is 0 Å². The van der Waals surface area contributed by atoms with E-state index in [-0.39, 0.29) is 0 Å². The molecule has 1 aromatic heterocycles. The van der Waals surface area contributed by atoms with Gasteiger partial charge in [-0.25, -0.2) is 4.98 Å². The summed E-state index contributed by atoms with van der Waals surface area (Å²) in [6, 6.07) is 67.1. The summed E-state index contributed by atoms with van der Waals surface area (Å²) in [5.74, 6) is 0.950. The van der Waals surface area contributed by atoms with Gasteiger partial charge in [0.15, 0.2) is 13.2 Å². The van der Waals surface area contributed by atoms with E-state index in [2.05, 4.69) is 187 Å². The lowest BCUT2D eigenvalue weighted by molar-refractivity contribution is 0.894. The third-order valence-corrected chi connectivity index (χ3v) is 15.4. The van der Waals surface area contributed by atoms with E-state index in [0.717, 1.165) is 21.9 Å². The van der Waals surface area contributed by atoms with Crippen LogP contribution in [0.4, 0.5) is 0 Å². The van der Waals surface area contributed by atoms with Crippen LogP contribution in [0.15, 0.2) is 187 Å². The van der Waals surface area contributed by atoms with Gasteiger partial charge in [0.25, 0.3) is 0 Å². The summed E-state index contributed by atoms with van der Waals surface area (Å²) < 4.78 is 2.32. The molecule has 9 rings (SSSR count). The molecule has 2 heterocycles. The average Bonchev–Trinajstić information content (AvgIpc) is 3.55. The molecule has 0 bridgehead atoms. The van der Waals surface area contributed by atoms with Gasteiger partial charge in [0, 0.05) is 5.75 Å². The Bertz CT molecular complexity index is 2360. The molecular weight excluding hydrogens is 617 g/mol. The van der Waals surface area contributed by atoms with Crippen molar-refractivity contribution in [3.8, 4) is 27.9 Å². The molecule has 2 nitrogen and oxygen atoms in total. The molecule has 0 radical (unpaired) electrons. The third-order valence-electron chi connectivity index (χ3n) is 9.66. The monoisotopic (exact) mass is 648 g/mol. The minimum Gasteiger partial charge on any atom is -0.287 e. The summed E-state index contributed by atoms with van der Waals surface area (Å²) in [6.45, 7) is 0. The van der Waals surface area contributed by atoms with Crippen molar-refractivity contribution in [2.75, 3.05) is 0 Å². The first-order valence-electron chi connectivity index (χ1n) is 16.4. The second kappa shape index (κ2) is 12.0. The Morgan fingerprint density at radius 1 is 0.458 bits per heavy atom.